The smallest absolute Gasteiger partial charge is 0.123 e. The third kappa shape index (κ3) is 2.39. The van der Waals surface area contributed by atoms with Crippen molar-refractivity contribution in [2.45, 2.75) is 26.9 Å². The van der Waals surface area contributed by atoms with Crippen LogP contribution >= 0.6 is 0 Å². The Hall–Kier alpha value is -1.61. The average Bonchev–Trinajstić information content (AvgIpc) is 2.57. The summed E-state index contributed by atoms with van der Waals surface area (Å²) in [5.74, 6) is 0. The monoisotopic (exact) mass is 230 g/mol. The van der Waals surface area contributed by atoms with Crippen LogP contribution in [-0.2, 0) is 7.05 Å². The van der Waals surface area contributed by atoms with Crippen LogP contribution in [0.4, 0.5) is 0 Å². The van der Waals surface area contributed by atoms with Crippen LogP contribution in [-0.4, -0.2) is 14.9 Å². The van der Waals surface area contributed by atoms with Gasteiger partial charge < -0.3 is 5.11 Å². The van der Waals surface area contributed by atoms with Crippen molar-refractivity contribution in [3.63, 3.8) is 0 Å². The quantitative estimate of drug-likeness (QED) is 0.860. The molecule has 3 heteroatoms. The third-order valence-electron chi connectivity index (χ3n) is 2.97. The highest BCUT2D eigenvalue weighted by Crippen LogP contribution is 2.23. The standard InChI is InChI=1S/C14H18N2O/c1-9-5-10(2)7-12(6-9)14(17)13-8-11(3)16(4)15-13/h5-8,14,17H,1-4H3. The number of hydrogen-bond donors (Lipinski definition) is 1. The molecule has 3 nitrogen and oxygen atoms in total. The van der Waals surface area contributed by atoms with Gasteiger partial charge in [0, 0.05) is 12.7 Å². The normalized spacial score (nSPS) is 12.8. The Bertz CT molecular complexity index is 503. The van der Waals surface area contributed by atoms with Crippen molar-refractivity contribution in [3.8, 4) is 0 Å². The van der Waals surface area contributed by atoms with Crippen LogP contribution in [0, 0.1) is 20.8 Å². The first-order valence-electron chi connectivity index (χ1n) is 5.74. The first-order chi connectivity index (χ1) is 7.97. The van der Waals surface area contributed by atoms with E-state index in [0.717, 1.165) is 22.4 Å². The first-order valence-corrected chi connectivity index (χ1v) is 5.74. The maximum atomic E-state index is 10.3. The fourth-order valence-corrected chi connectivity index (χ4v) is 2.06. The maximum Gasteiger partial charge on any atom is 0.123 e. The van der Waals surface area contributed by atoms with E-state index in [1.165, 1.54) is 0 Å². The molecule has 1 heterocycles. The number of aryl methyl sites for hydroxylation is 4. The Morgan fingerprint density at radius 1 is 1.06 bits per heavy atom. The van der Waals surface area contributed by atoms with E-state index in [1.54, 1.807) is 4.68 Å². The van der Waals surface area contributed by atoms with E-state index < -0.39 is 6.10 Å². The van der Waals surface area contributed by atoms with Gasteiger partial charge in [-0.15, -0.1) is 0 Å². The summed E-state index contributed by atoms with van der Waals surface area (Å²) in [6, 6.07) is 8.02. The van der Waals surface area contributed by atoms with Crippen molar-refractivity contribution < 1.29 is 5.11 Å². The molecule has 0 aliphatic heterocycles. The number of hydrogen-bond acceptors (Lipinski definition) is 2. The van der Waals surface area contributed by atoms with Gasteiger partial charge in [-0.1, -0.05) is 29.3 Å². The highest BCUT2D eigenvalue weighted by atomic mass is 16.3. The Morgan fingerprint density at radius 3 is 2.12 bits per heavy atom. The molecule has 0 spiro atoms. The lowest BCUT2D eigenvalue weighted by Crippen LogP contribution is -2.02. The predicted molar refractivity (Wildman–Crippen MR) is 67.9 cm³/mol. The number of nitrogens with zero attached hydrogens (tertiary/aromatic N) is 2. The molecule has 0 saturated carbocycles. The maximum absolute atomic E-state index is 10.3. The third-order valence-corrected chi connectivity index (χ3v) is 2.97. The second kappa shape index (κ2) is 4.34. The second-order valence-corrected chi connectivity index (χ2v) is 4.66. The van der Waals surface area contributed by atoms with Gasteiger partial charge in [0.25, 0.3) is 0 Å². The molecule has 17 heavy (non-hydrogen) atoms. The number of rotatable bonds is 2. The summed E-state index contributed by atoms with van der Waals surface area (Å²) in [7, 11) is 1.88. The van der Waals surface area contributed by atoms with Crippen LogP contribution in [0.15, 0.2) is 24.3 Å². The molecule has 2 aromatic rings. The SMILES string of the molecule is Cc1cc(C)cc(C(O)c2cc(C)n(C)n2)c1. The van der Waals surface area contributed by atoms with E-state index in [4.69, 9.17) is 0 Å². The van der Waals surface area contributed by atoms with Gasteiger partial charge in [0.05, 0.1) is 5.69 Å². The summed E-state index contributed by atoms with van der Waals surface area (Å²) in [4.78, 5) is 0. The van der Waals surface area contributed by atoms with Gasteiger partial charge in [0.1, 0.15) is 6.10 Å². The van der Waals surface area contributed by atoms with E-state index in [9.17, 15) is 5.11 Å². The summed E-state index contributed by atoms with van der Waals surface area (Å²) in [5, 5.41) is 14.6. The molecule has 1 N–H and O–H groups in total. The van der Waals surface area contributed by atoms with Crippen LogP contribution in [0.25, 0.3) is 0 Å². The summed E-state index contributed by atoms with van der Waals surface area (Å²) < 4.78 is 1.78. The Labute approximate surface area is 102 Å². The van der Waals surface area contributed by atoms with Crippen molar-refractivity contribution >= 4 is 0 Å². The molecule has 0 amide bonds. The van der Waals surface area contributed by atoms with Crippen LogP contribution in [0.2, 0.25) is 0 Å². The van der Waals surface area contributed by atoms with Crippen LogP contribution in [0.5, 0.6) is 0 Å². The topological polar surface area (TPSA) is 38.0 Å². The molecular weight excluding hydrogens is 212 g/mol. The van der Waals surface area contributed by atoms with Crippen molar-refractivity contribution in [1.29, 1.82) is 0 Å². The fraction of sp³-hybridized carbons (Fsp3) is 0.357. The lowest BCUT2D eigenvalue weighted by atomic mass is 10.0. The minimum atomic E-state index is -0.645. The minimum Gasteiger partial charge on any atom is -0.382 e. The average molecular weight is 230 g/mol. The zero-order chi connectivity index (χ0) is 12.6. The highest BCUT2D eigenvalue weighted by molar-refractivity contribution is 5.33. The predicted octanol–water partition coefficient (Wildman–Crippen LogP) is 2.43. The Morgan fingerprint density at radius 2 is 1.65 bits per heavy atom. The summed E-state index contributed by atoms with van der Waals surface area (Å²) in [5.41, 5.74) is 4.97. The summed E-state index contributed by atoms with van der Waals surface area (Å²) in [6.45, 7) is 6.05. The molecule has 0 bridgehead atoms. The molecular formula is C14H18N2O. The number of aromatic nitrogens is 2. The van der Waals surface area contributed by atoms with Crippen molar-refractivity contribution in [2.24, 2.45) is 7.05 Å². The van der Waals surface area contributed by atoms with Gasteiger partial charge in [-0.2, -0.15) is 5.10 Å². The largest absolute Gasteiger partial charge is 0.382 e. The van der Waals surface area contributed by atoms with E-state index in [1.807, 2.05) is 46.0 Å². The lowest BCUT2D eigenvalue weighted by molar-refractivity contribution is 0.214. The van der Waals surface area contributed by atoms with E-state index in [-0.39, 0.29) is 0 Å². The Balaban J connectivity index is 2.39. The zero-order valence-corrected chi connectivity index (χ0v) is 10.7. The zero-order valence-electron chi connectivity index (χ0n) is 10.7. The van der Waals surface area contributed by atoms with Gasteiger partial charge in [0.15, 0.2) is 0 Å². The number of aliphatic hydroxyl groups is 1. The van der Waals surface area contributed by atoms with Gasteiger partial charge in [-0.3, -0.25) is 4.68 Å². The van der Waals surface area contributed by atoms with Gasteiger partial charge >= 0.3 is 0 Å². The molecule has 0 aliphatic carbocycles. The molecule has 1 aromatic carbocycles. The Kier molecular flexibility index (Phi) is 3.03. The second-order valence-electron chi connectivity index (χ2n) is 4.66. The molecule has 90 valence electrons. The van der Waals surface area contributed by atoms with Crippen molar-refractivity contribution in [2.75, 3.05) is 0 Å². The lowest BCUT2D eigenvalue weighted by Gasteiger charge is -2.10. The summed E-state index contributed by atoms with van der Waals surface area (Å²) in [6.07, 6.45) is -0.645. The molecule has 1 atom stereocenters. The van der Waals surface area contributed by atoms with Crippen LogP contribution < -0.4 is 0 Å². The number of benzene rings is 1. The van der Waals surface area contributed by atoms with E-state index in [2.05, 4.69) is 11.2 Å². The fourth-order valence-electron chi connectivity index (χ4n) is 2.06. The van der Waals surface area contributed by atoms with Crippen LogP contribution in [0.1, 0.15) is 34.2 Å². The number of aliphatic hydroxyl groups excluding tert-OH is 1. The molecule has 1 unspecified atom stereocenters. The van der Waals surface area contributed by atoms with E-state index >= 15 is 0 Å². The highest BCUT2D eigenvalue weighted by Gasteiger charge is 2.15. The summed E-state index contributed by atoms with van der Waals surface area (Å²) >= 11 is 0. The van der Waals surface area contributed by atoms with Gasteiger partial charge in [-0.05, 0) is 32.4 Å². The van der Waals surface area contributed by atoms with Gasteiger partial charge in [0.2, 0.25) is 0 Å². The first kappa shape index (κ1) is 11.9. The van der Waals surface area contributed by atoms with E-state index in [0.29, 0.717) is 5.69 Å². The molecule has 1 aromatic heterocycles. The molecule has 0 fully saturated rings. The van der Waals surface area contributed by atoms with Crippen molar-refractivity contribution in [3.05, 3.63) is 52.3 Å². The van der Waals surface area contributed by atoms with Crippen LogP contribution in [0.3, 0.4) is 0 Å². The van der Waals surface area contributed by atoms with Crippen molar-refractivity contribution in [1.82, 2.24) is 9.78 Å². The minimum absolute atomic E-state index is 0.645. The molecule has 0 radical (unpaired) electrons. The molecule has 0 saturated heterocycles. The molecule has 0 aliphatic rings. The molecule has 2 rings (SSSR count). The van der Waals surface area contributed by atoms with Gasteiger partial charge in [-0.25, -0.2) is 0 Å².